The lowest BCUT2D eigenvalue weighted by Crippen LogP contribution is -2.63. The Labute approximate surface area is 309 Å². The van der Waals surface area contributed by atoms with E-state index in [1.165, 1.54) is 0 Å². The number of nitrogens with one attached hydrogen (secondary N) is 2. The number of benzene rings is 4. The van der Waals surface area contributed by atoms with Gasteiger partial charge in [-0.3, -0.25) is 9.59 Å². The highest BCUT2D eigenvalue weighted by atomic mass is 16.7. The van der Waals surface area contributed by atoms with Gasteiger partial charge < -0.3 is 71.7 Å². The fraction of sp³-hybridized carbons (Fsp3) is 0.316. The maximum absolute atomic E-state index is 13.1. The van der Waals surface area contributed by atoms with Crippen molar-refractivity contribution in [1.29, 1.82) is 0 Å². The molecule has 2 saturated heterocycles. The monoisotopic (exact) mass is 746 g/mol. The van der Waals surface area contributed by atoms with E-state index in [1.807, 2.05) is 0 Å². The zero-order valence-electron chi connectivity index (χ0n) is 28.7. The van der Waals surface area contributed by atoms with Crippen molar-refractivity contribution in [2.45, 2.75) is 61.3 Å². The predicted molar refractivity (Wildman–Crippen MR) is 193 cm³/mol. The van der Waals surface area contributed by atoms with E-state index < -0.39 is 74.5 Å². The molecule has 10 atom stereocenters. The van der Waals surface area contributed by atoms with Crippen LogP contribution in [0.4, 0.5) is 11.4 Å². The third-order valence-electron chi connectivity index (χ3n) is 9.17. The second-order valence-corrected chi connectivity index (χ2v) is 12.9. The van der Waals surface area contributed by atoms with Gasteiger partial charge in [-0.1, -0.05) is 36.4 Å². The molecule has 286 valence electrons. The number of aliphatic hydroxyl groups excluding tert-OH is 6. The number of hydrogen-bond acceptors (Lipinski definition) is 14. The summed E-state index contributed by atoms with van der Waals surface area (Å²) in [5.74, 6) is -0.214. The molecule has 6 rings (SSSR count). The Kier molecular flexibility index (Phi) is 12.2. The van der Waals surface area contributed by atoms with Crippen molar-refractivity contribution in [2.24, 2.45) is 11.5 Å². The molecule has 0 spiro atoms. The molecule has 16 nitrogen and oxygen atoms in total. The van der Waals surface area contributed by atoms with Gasteiger partial charge in [0.15, 0.2) is 0 Å². The van der Waals surface area contributed by atoms with Gasteiger partial charge in [-0.25, -0.2) is 0 Å². The number of aliphatic hydroxyl groups is 6. The van der Waals surface area contributed by atoms with Crippen LogP contribution in [0.1, 0.15) is 20.7 Å². The Morgan fingerprint density at radius 2 is 0.944 bits per heavy atom. The van der Waals surface area contributed by atoms with Crippen LogP contribution in [0.25, 0.3) is 11.1 Å². The van der Waals surface area contributed by atoms with E-state index in [9.17, 15) is 40.2 Å². The topological polar surface area (TPSA) is 269 Å². The molecular weight excluding hydrogens is 704 g/mol. The first-order valence-corrected chi connectivity index (χ1v) is 17.1. The first-order chi connectivity index (χ1) is 25.9. The molecule has 16 heteroatoms. The van der Waals surface area contributed by atoms with E-state index >= 15 is 0 Å². The van der Waals surface area contributed by atoms with Crippen molar-refractivity contribution in [3.05, 3.63) is 108 Å². The van der Waals surface area contributed by atoms with Crippen LogP contribution in [-0.4, -0.2) is 117 Å². The number of nitrogens with two attached hydrogens (primary N) is 2. The Morgan fingerprint density at radius 1 is 0.574 bits per heavy atom. The largest absolute Gasteiger partial charge is 0.463 e. The van der Waals surface area contributed by atoms with Crippen molar-refractivity contribution in [3.8, 4) is 22.6 Å². The zero-order valence-corrected chi connectivity index (χ0v) is 28.7. The molecule has 2 aliphatic rings. The highest BCUT2D eigenvalue weighted by Crippen LogP contribution is 2.28. The number of carbonyl (C=O) groups excluding carboxylic acids is 2. The molecule has 0 aliphatic carbocycles. The summed E-state index contributed by atoms with van der Waals surface area (Å²) < 4.78 is 22.6. The average Bonchev–Trinajstić information content (AvgIpc) is 3.18. The molecule has 10 unspecified atom stereocenters. The van der Waals surface area contributed by atoms with Crippen LogP contribution in [0.2, 0.25) is 0 Å². The van der Waals surface area contributed by atoms with Crippen LogP contribution in [0.5, 0.6) is 11.5 Å². The van der Waals surface area contributed by atoms with Crippen LogP contribution in [-0.2, 0) is 9.47 Å². The zero-order chi connectivity index (χ0) is 38.5. The highest BCUT2D eigenvalue weighted by Gasteiger charge is 2.44. The smallest absolute Gasteiger partial charge is 0.255 e. The van der Waals surface area contributed by atoms with E-state index in [0.29, 0.717) is 22.5 Å². The Bertz CT molecular complexity index is 1760. The quantitative estimate of drug-likeness (QED) is 0.0980. The van der Waals surface area contributed by atoms with Gasteiger partial charge in [0.25, 0.3) is 11.8 Å². The minimum atomic E-state index is -1.37. The third-order valence-corrected chi connectivity index (χ3v) is 9.17. The summed E-state index contributed by atoms with van der Waals surface area (Å²) in [6, 6.07) is 24.5. The van der Waals surface area contributed by atoms with Gasteiger partial charge in [0, 0.05) is 34.6 Å². The molecule has 12 N–H and O–H groups in total. The number of rotatable bonds is 11. The molecular formula is C38H42N4O12. The molecule has 0 saturated carbocycles. The average molecular weight is 747 g/mol. The van der Waals surface area contributed by atoms with Gasteiger partial charge in [0.2, 0.25) is 12.6 Å². The van der Waals surface area contributed by atoms with Crippen molar-refractivity contribution in [2.75, 3.05) is 23.8 Å². The number of ether oxygens (including phenoxy) is 4. The van der Waals surface area contributed by atoms with Crippen LogP contribution in [0.15, 0.2) is 97.1 Å². The minimum Gasteiger partial charge on any atom is -0.463 e. The summed E-state index contributed by atoms with van der Waals surface area (Å²) in [7, 11) is 0. The minimum absolute atomic E-state index is 0.278. The highest BCUT2D eigenvalue weighted by molar-refractivity contribution is 6.05. The fourth-order valence-electron chi connectivity index (χ4n) is 6.02. The van der Waals surface area contributed by atoms with Crippen molar-refractivity contribution >= 4 is 23.2 Å². The van der Waals surface area contributed by atoms with Gasteiger partial charge in [0.05, 0.1) is 25.3 Å². The van der Waals surface area contributed by atoms with Crippen molar-refractivity contribution < 1.29 is 59.2 Å². The fourth-order valence-corrected chi connectivity index (χ4v) is 6.02. The molecule has 2 heterocycles. The maximum atomic E-state index is 13.1. The van der Waals surface area contributed by atoms with E-state index in [1.54, 1.807) is 97.1 Å². The number of carbonyl (C=O) groups is 2. The van der Waals surface area contributed by atoms with Crippen LogP contribution in [0, 0.1) is 0 Å². The molecule has 54 heavy (non-hydrogen) atoms. The van der Waals surface area contributed by atoms with Gasteiger partial charge in [-0.05, 0) is 59.7 Å². The summed E-state index contributed by atoms with van der Waals surface area (Å²) in [6.45, 7) is -1.08. The standard InChI is InChI=1S/C38H42N4O12/c39-29-33(47)31(45)27(17-43)53-37(29)51-25-5-1-3-23(15-25)41-35(49)21-11-7-19(8-12-21)20-9-13-22(14-10-20)36(50)42-24-4-2-6-26(16-24)52-38-30(40)34(48)32(46)28(18-44)54-38/h1-16,27-34,37-38,43-48H,17-18,39-40H2,(H,41,49)(H,42,50). The Hall–Kier alpha value is -4.98. The second-order valence-electron chi connectivity index (χ2n) is 12.9. The van der Waals surface area contributed by atoms with Crippen LogP contribution < -0.4 is 31.6 Å². The molecule has 2 aliphatic heterocycles. The van der Waals surface area contributed by atoms with Gasteiger partial charge in [-0.2, -0.15) is 0 Å². The van der Waals surface area contributed by atoms with Crippen molar-refractivity contribution in [3.63, 3.8) is 0 Å². The van der Waals surface area contributed by atoms with Gasteiger partial charge in [0.1, 0.15) is 48.1 Å². The number of anilines is 2. The molecule has 0 radical (unpaired) electrons. The predicted octanol–water partition coefficient (Wildman–Crippen LogP) is 0.148. The van der Waals surface area contributed by atoms with Crippen LogP contribution >= 0.6 is 0 Å². The Balaban J connectivity index is 1.03. The molecule has 0 aromatic heterocycles. The van der Waals surface area contributed by atoms with E-state index in [0.717, 1.165) is 11.1 Å². The summed E-state index contributed by atoms with van der Waals surface area (Å²) in [5.41, 5.74) is 15.1. The Morgan fingerprint density at radius 3 is 1.30 bits per heavy atom. The number of hydrogen-bond donors (Lipinski definition) is 10. The first-order valence-electron chi connectivity index (χ1n) is 17.1. The molecule has 4 aromatic rings. The van der Waals surface area contributed by atoms with Crippen LogP contribution in [0.3, 0.4) is 0 Å². The molecule has 4 aromatic carbocycles. The lowest BCUT2D eigenvalue weighted by Gasteiger charge is -2.40. The van der Waals surface area contributed by atoms with Crippen molar-refractivity contribution in [1.82, 2.24) is 0 Å². The van der Waals surface area contributed by atoms with Gasteiger partial charge >= 0.3 is 0 Å². The first kappa shape index (κ1) is 38.7. The summed E-state index contributed by atoms with van der Waals surface area (Å²) in [4.78, 5) is 26.1. The van der Waals surface area contributed by atoms with E-state index in [-0.39, 0.29) is 23.3 Å². The van der Waals surface area contributed by atoms with E-state index in [4.69, 9.17) is 30.4 Å². The molecule has 2 amide bonds. The van der Waals surface area contributed by atoms with Gasteiger partial charge in [-0.15, -0.1) is 0 Å². The number of amides is 2. The third kappa shape index (κ3) is 8.69. The second kappa shape index (κ2) is 17.0. The summed E-state index contributed by atoms with van der Waals surface area (Å²) in [6.07, 6.45) is -9.94. The lowest BCUT2D eigenvalue weighted by molar-refractivity contribution is -0.239. The maximum Gasteiger partial charge on any atom is 0.255 e. The summed E-state index contributed by atoms with van der Waals surface area (Å²) in [5, 5.41) is 64.9. The van der Waals surface area contributed by atoms with E-state index in [2.05, 4.69) is 10.6 Å². The molecule has 2 fully saturated rings. The summed E-state index contributed by atoms with van der Waals surface area (Å²) >= 11 is 0. The normalized spacial score (nSPS) is 28.1. The molecule has 0 bridgehead atoms. The lowest BCUT2D eigenvalue weighted by atomic mass is 9.98. The SMILES string of the molecule is NC1C(Oc2cccc(NC(=O)c3ccc(-c4ccc(C(=O)Nc5cccc(OC6OC(CO)C(O)C(O)C6N)c5)cc4)cc3)c2)OC(CO)C(O)C1O.